The van der Waals surface area contributed by atoms with Gasteiger partial charge in [-0.25, -0.2) is 0 Å². The molecule has 0 aromatic carbocycles. The van der Waals surface area contributed by atoms with Crippen LogP contribution in [-0.2, 0) is 0 Å². The van der Waals surface area contributed by atoms with Crippen molar-refractivity contribution in [2.75, 3.05) is 6.26 Å². The van der Waals surface area contributed by atoms with E-state index in [1.54, 1.807) is 0 Å². The first-order chi connectivity index (χ1) is 7.86. The fourth-order valence-electron chi connectivity index (χ4n) is 4.29. The van der Waals surface area contributed by atoms with Crippen LogP contribution in [0.15, 0.2) is 0 Å². The molecule has 2 heteroatoms. The smallest absolute Gasteiger partial charge is 0.0198 e. The summed E-state index contributed by atoms with van der Waals surface area (Å²) in [6.07, 6.45) is 14.1. The topological polar surface area (TPSA) is 12.0 Å². The van der Waals surface area contributed by atoms with E-state index in [9.17, 15) is 0 Å². The van der Waals surface area contributed by atoms with Gasteiger partial charge in [0.05, 0.1) is 0 Å². The summed E-state index contributed by atoms with van der Waals surface area (Å²) in [5.74, 6) is 2.12. The standard InChI is InChI=1S/C14H25NS/c1-16-14-5-3-2-4-12(14)15-13-9-10-6-7-11(13)8-10/h10-15H,2-9H2,1H3. The fourth-order valence-corrected chi connectivity index (χ4v) is 5.24. The molecule has 3 fully saturated rings. The van der Waals surface area contributed by atoms with Gasteiger partial charge in [-0.05, 0) is 50.2 Å². The van der Waals surface area contributed by atoms with E-state index in [-0.39, 0.29) is 0 Å². The molecule has 0 aromatic heterocycles. The van der Waals surface area contributed by atoms with Crippen LogP contribution in [0.25, 0.3) is 0 Å². The predicted octanol–water partition coefficient (Wildman–Crippen LogP) is 3.44. The third-order valence-electron chi connectivity index (χ3n) is 5.17. The summed E-state index contributed by atoms with van der Waals surface area (Å²) in [6, 6.07) is 1.71. The summed E-state index contributed by atoms with van der Waals surface area (Å²) < 4.78 is 0. The molecule has 2 bridgehead atoms. The number of hydrogen-bond donors (Lipinski definition) is 1. The Kier molecular flexibility index (Phi) is 3.49. The zero-order chi connectivity index (χ0) is 11.0. The molecule has 92 valence electrons. The van der Waals surface area contributed by atoms with Crippen molar-refractivity contribution < 1.29 is 0 Å². The zero-order valence-corrected chi connectivity index (χ0v) is 11.3. The molecule has 0 aliphatic heterocycles. The monoisotopic (exact) mass is 239 g/mol. The zero-order valence-electron chi connectivity index (χ0n) is 10.5. The molecular weight excluding hydrogens is 214 g/mol. The Labute approximate surface area is 104 Å². The summed E-state index contributed by atoms with van der Waals surface area (Å²) in [5.41, 5.74) is 0. The third-order valence-corrected chi connectivity index (χ3v) is 6.34. The molecule has 0 saturated heterocycles. The first-order valence-corrected chi connectivity index (χ1v) is 8.44. The number of fused-ring (bicyclic) bond motifs is 2. The number of hydrogen-bond acceptors (Lipinski definition) is 2. The van der Waals surface area contributed by atoms with Crippen molar-refractivity contribution in [3.63, 3.8) is 0 Å². The Hall–Kier alpha value is 0.310. The summed E-state index contributed by atoms with van der Waals surface area (Å²) >= 11 is 2.09. The molecule has 1 N–H and O–H groups in total. The highest BCUT2D eigenvalue weighted by atomic mass is 32.2. The lowest BCUT2D eigenvalue weighted by Crippen LogP contribution is -2.47. The molecule has 0 radical (unpaired) electrons. The van der Waals surface area contributed by atoms with Crippen LogP contribution in [0.5, 0.6) is 0 Å². The van der Waals surface area contributed by atoms with E-state index < -0.39 is 0 Å². The third kappa shape index (κ3) is 2.15. The van der Waals surface area contributed by atoms with Crippen LogP contribution in [0.4, 0.5) is 0 Å². The lowest BCUT2D eigenvalue weighted by atomic mass is 9.90. The fraction of sp³-hybridized carbons (Fsp3) is 1.00. The second-order valence-corrected chi connectivity index (χ2v) is 7.19. The maximum absolute atomic E-state index is 4.03. The molecule has 16 heavy (non-hydrogen) atoms. The van der Waals surface area contributed by atoms with Crippen molar-refractivity contribution in [1.82, 2.24) is 5.32 Å². The Morgan fingerprint density at radius 2 is 1.81 bits per heavy atom. The maximum Gasteiger partial charge on any atom is 0.0198 e. The Morgan fingerprint density at radius 3 is 2.50 bits per heavy atom. The molecule has 5 unspecified atom stereocenters. The predicted molar refractivity (Wildman–Crippen MR) is 71.9 cm³/mol. The van der Waals surface area contributed by atoms with Crippen LogP contribution in [0.3, 0.4) is 0 Å². The average Bonchev–Trinajstić information content (AvgIpc) is 2.92. The first kappa shape index (κ1) is 11.4. The SMILES string of the molecule is CSC1CCCCC1NC1CC2CCC1C2. The minimum Gasteiger partial charge on any atom is -0.310 e. The molecule has 0 aromatic rings. The summed E-state index contributed by atoms with van der Waals surface area (Å²) in [4.78, 5) is 0. The van der Waals surface area contributed by atoms with Crippen LogP contribution in [0, 0.1) is 11.8 Å². The molecule has 0 heterocycles. The van der Waals surface area contributed by atoms with Gasteiger partial charge in [-0.15, -0.1) is 0 Å². The summed E-state index contributed by atoms with van der Waals surface area (Å²) in [6.45, 7) is 0. The van der Waals surface area contributed by atoms with Gasteiger partial charge in [-0.1, -0.05) is 19.3 Å². The average molecular weight is 239 g/mol. The minimum atomic E-state index is 0.827. The molecule has 3 aliphatic carbocycles. The van der Waals surface area contributed by atoms with E-state index >= 15 is 0 Å². The molecule has 5 atom stereocenters. The van der Waals surface area contributed by atoms with E-state index in [0.717, 1.165) is 29.2 Å². The first-order valence-electron chi connectivity index (χ1n) is 7.15. The van der Waals surface area contributed by atoms with Gasteiger partial charge in [-0.3, -0.25) is 0 Å². The van der Waals surface area contributed by atoms with Gasteiger partial charge in [0, 0.05) is 17.3 Å². The molecule has 3 aliphatic rings. The lowest BCUT2D eigenvalue weighted by Gasteiger charge is -2.35. The van der Waals surface area contributed by atoms with Crippen LogP contribution in [-0.4, -0.2) is 23.6 Å². The van der Waals surface area contributed by atoms with Crippen molar-refractivity contribution in [3.05, 3.63) is 0 Å². The Balaban J connectivity index is 1.56. The van der Waals surface area contributed by atoms with Gasteiger partial charge in [-0.2, -0.15) is 11.8 Å². The van der Waals surface area contributed by atoms with Crippen molar-refractivity contribution >= 4 is 11.8 Å². The van der Waals surface area contributed by atoms with Crippen LogP contribution < -0.4 is 5.32 Å². The Bertz CT molecular complexity index is 243. The van der Waals surface area contributed by atoms with Crippen molar-refractivity contribution in [3.8, 4) is 0 Å². The van der Waals surface area contributed by atoms with Crippen LogP contribution >= 0.6 is 11.8 Å². The molecular formula is C14H25NS. The highest BCUT2D eigenvalue weighted by molar-refractivity contribution is 7.99. The normalized spacial score (nSPS) is 47.4. The van der Waals surface area contributed by atoms with Crippen LogP contribution in [0.2, 0.25) is 0 Å². The van der Waals surface area contributed by atoms with Gasteiger partial charge >= 0.3 is 0 Å². The van der Waals surface area contributed by atoms with E-state index in [1.165, 1.54) is 51.4 Å². The maximum atomic E-state index is 4.03. The highest BCUT2D eigenvalue weighted by Gasteiger charge is 2.41. The highest BCUT2D eigenvalue weighted by Crippen LogP contribution is 2.45. The van der Waals surface area contributed by atoms with Crippen molar-refractivity contribution in [2.45, 2.75) is 68.7 Å². The number of nitrogens with one attached hydrogen (secondary N) is 1. The van der Waals surface area contributed by atoms with E-state index in [1.807, 2.05) is 0 Å². The molecule has 1 nitrogen and oxygen atoms in total. The van der Waals surface area contributed by atoms with Crippen LogP contribution in [0.1, 0.15) is 51.4 Å². The minimum absolute atomic E-state index is 0.827. The van der Waals surface area contributed by atoms with Gasteiger partial charge in [0.1, 0.15) is 0 Å². The molecule has 0 spiro atoms. The largest absolute Gasteiger partial charge is 0.310 e. The molecule has 0 amide bonds. The second kappa shape index (κ2) is 4.89. The number of thioether (sulfide) groups is 1. The lowest BCUT2D eigenvalue weighted by molar-refractivity contribution is 0.283. The Morgan fingerprint density at radius 1 is 0.938 bits per heavy atom. The van der Waals surface area contributed by atoms with E-state index in [0.29, 0.717) is 0 Å². The second-order valence-electron chi connectivity index (χ2n) is 6.11. The molecule has 3 saturated carbocycles. The summed E-state index contributed by atoms with van der Waals surface area (Å²) in [7, 11) is 0. The quantitative estimate of drug-likeness (QED) is 0.809. The van der Waals surface area contributed by atoms with Crippen molar-refractivity contribution in [1.29, 1.82) is 0 Å². The van der Waals surface area contributed by atoms with Crippen molar-refractivity contribution in [2.24, 2.45) is 11.8 Å². The van der Waals surface area contributed by atoms with Gasteiger partial charge in [0.15, 0.2) is 0 Å². The summed E-state index contributed by atoms with van der Waals surface area (Å²) in [5, 5.41) is 4.93. The molecule has 3 rings (SSSR count). The number of rotatable bonds is 3. The van der Waals surface area contributed by atoms with E-state index in [2.05, 4.69) is 23.3 Å². The van der Waals surface area contributed by atoms with Gasteiger partial charge in [0.2, 0.25) is 0 Å². The van der Waals surface area contributed by atoms with Gasteiger partial charge < -0.3 is 5.32 Å². The van der Waals surface area contributed by atoms with E-state index in [4.69, 9.17) is 0 Å². The van der Waals surface area contributed by atoms with Gasteiger partial charge in [0.25, 0.3) is 0 Å².